The van der Waals surface area contributed by atoms with Gasteiger partial charge in [0.1, 0.15) is 4.88 Å². The monoisotopic (exact) mass is 292 g/mol. The Morgan fingerprint density at radius 2 is 1.90 bits per heavy atom. The maximum atomic E-state index is 11.4. The summed E-state index contributed by atoms with van der Waals surface area (Å²) in [5.41, 5.74) is 0.883. The van der Waals surface area contributed by atoms with Crippen LogP contribution in [0.3, 0.4) is 0 Å². The Hall–Kier alpha value is -1.75. The predicted octanol–water partition coefficient (Wildman–Crippen LogP) is 3.88. The fourth-order valence-corrected chi connectivity index (χ4v) is 3.71. The molecular formula is C15H16O4S. The molecular weight excluding hydrogens is 276 g/mol. The minimum atomic E-state index is -0.869. The third kappa shape index (κ3) is 2.12. The van der Waals surface area contributed by atoms with Gasteiger partial charge in [-0.25, -0.2) is 4.79 Å². The Morgan fingerprint density at radius 1 is 1.25 bits per heavy atom. The van der Waals surface area contributed by atoms with Crippen LogP contribution in [0.25, 0.3) is 10.1 Å². The van der Waals surface area contributed by atoms with Crippen molar-refractivity contribution >= 4 is 27.4 Å². The average Bonchev–Trinajstić information content (AvgIpc) is 2.61. The first kappa shape index (κ1) is 13.2. The molecule has 5 heteroatoms. The highest BCUT2D eigenvalue weighted by molar-refractivity contribution is 7.21. The van der Waals surface area contributed by atoms with E-state index in [0.717, 1.165) is 22.1 Å². The third-order valence-corrected chi connectivity index (χ3v) is 4.52. The van der Waals surface area contributed by atoms with Crippen molar-refractivity contribution in [1.29, 1.82) is 0 Å². The normalized spacial score (nSPS) is 14.6. The van der Waals surface area contributed by atoms with Crippen molar-refractivity contribution in [2.75, 3.05) is 13.2 Å². The molecule has 2 aromatic rings. The molecule has 1 N–H and O–H groups in total. The lowest BCUT2D eigenvalue weighted by molar-refractivity contribution is 0.0701. The van der Waals surface area contributed by atoms with E-state index in [1.807, 2.05) is 26.0 Å². The summed E-state index contributed by atoms with van der Waals surface area (Å²) in [4.78, 5) is 11.8. The predicted molar refractivity (Wildman–Crippen MR) is 78.5 cm³/mol. The molecule has 0 amide bonds. The lowest BCUT2D eigenvalue weighted by Gasteiger charge is -2.09. The van der Waals surface area contributed by atoms with Crippen LogP contribution < -0.4 is 9.47 Å². The number of thiophene rings is 1. The Kier molecular flexibility index (Phi) is 3.30. The molecule has 4 nitrogen and oxygen atoms in total. The topological polar surface area (TPSA) is 55.8 Å². The highest BCUT2D eigenvalue weighted by atomic mass is 32.1. The number of carboxylic acids is 1. The summed E-state index contributed by atoms with van der Waals surface area (Å²) in [7, 11) is 0. The number of fused-ring (bicyclic) bond motifs is 2. The number of hydrogen-bond donors (Lipinski definition) is 1. The van der Waals surface area contributed by atoms with Crippen LogP contribution in [0.15, 0.2) is 12.1 Å². The molecule has 20 heavy (non-hydrogen) atoms. The van der Waals surface area contributed by atoms with E-state index in [4.69, 9.17) is 9.47 Å². The second-order valence-corrected chi connectivity index (χ2v) is 6.20. The first-order valence-electron chi connectivity index (χ1n) is 6.67. The molecule has 0 fully saturated rings. The quantitative estimate of drug-likeness (QED) is 0.912. The summed E-state index contributed by atoms with van der Waals surface area (Å²) in [5, 5.41) is 10.3. The van der Waals surface area contributed by atoms with Crippen molar-refractivity contribution in [3.05, 3.63) is 22.6 Å². The molecule has 0 aliphatic carbocycles. The van der Waals surface area contributed by atoms with Crippen LogP contribution >= 0.6 is 11.3 Å². The molecule has 1 aromatic carbocycles. The van der Waals surface area contributed by atoms with Crippen LogP contribution in [0.5, 0.6) is 11.5 Å². The van der Waals surface area contributed by atoms with Gasteiger partial charge in [-0.15, -0.1) is 11.3 Å². The Bertz CT molecular complexity index is 672. The summed E-state index contributed by atoms with van der Waals surface area (Å²) in [6.07, 6.45) is 0.861. The van der Waals surface area contributed by atoms with Gasteiger partial charge in [-0.3, -0.25) is 0 Å². The summed E-state index contributed by atoms with van der Waals surface area (Å²) in [6.45, 7) is 5.28. The van der Waals surface area contributed by atoms with Crippen molar-refractivity contribution in [2.45, 2.75) is 26.2 Å². The van der Waals surface area contributed by atoms with Gasteiger partial charge in [0.2, 0.25) is 0 Å². The van der Waals surface area contributed by atoms with E-state index in [0.29, 0.717) is 29.6 Å². The smallest absolute Gasteiger partial charge is 0.346 e. The van der Waals surface area contributed by atoms with Gasteiger partial charge in [0.05, 0.1) is 13.2 Å². The first-order chi connectivity index (χ1) is 9.58. The van der Waals surface area contributed by atoms with Crippen LogP contribution in [0.4, 0.5) is 0 Å². The fraction of sp³-hybridized carbons (Fsp3) is 0.400. The van der Waals surface area contributed by atoms with Gasteiger partial charge in [0.25, 0.3) is 0 Å². The van der Waals surface area contributed by atoms with Gasteiger partial charge in [-0.1, -0.05) is 13.8 Å². The summed E-state index contributed by atoms with van der Waals surface area (Å²) in [5.74, 6) is 0.710. The molecule has 0 unspecified atom stereocenters. The second-order valence-electron chi connectivity index (χ2n) is 5.15. The summed E-state index contributed by atoms with van der Waals surface area (Å²) in [6, 6.07) is 3.83. The Balaban J connectivity index is 2.26. The van der Waals surface area contributed by atoms with Crippen LogP contribution in [0.1, 0.15) is 41.4 Å². The summed E-state index contributed by atoms with van der Waals surface area (Å²) < 4.78 is 12.3. The van der Waals surface area contributed by atoms with Crippen LogP contribution in [-0.4, -0.2) is 24.3 Å². The Labute approximate surface area is 120 Å². The number of hydrogen-bond acceptors (Lipinski definition) is 4. The zero-order valence-corrected chi connectivity index (χ0v) is 12.3. The highest BCUT2D eigenvalue weighted by Gasteiger charge is 2.22. The minimum Gasteiger partial charge on any atom is -0.490 e. The van der Waals surface area contributed by atoms with Gasteiger partial charge >= 0.3 is 5.97 Å². The van der Waals surface area contributed by atoms with E-state index >= 15 is 0 Å². The van der Waals surface area contributed by atoms with Crippen LogP contribution in [0.2, 0.25) is 0 Å². The number of aromatic carboxylic acids is 1. The maximum absolute atomic E-state index is 11.4. The molecule has 1 aromatic heterocycles. The molecule has 1 aliphatic heterocycles. The van der Waals surface area contributed by atoms with Gasteiger partial charge in [-0.05, 0) is 17.5 Å². The van der Waals surface area contributed by atoms with Crippen LogP contribution in [-0.2, 0) is 0 Å². The van der Waals surface area contributed by atoms with Gasteiger partial charge in [-0.2, -0.15) is 0 Å². The fourth-order valence-electron chi connectivity index (χ4n) is 2.50. The number of benzene rings is 1. The minimum absolute atomic E-state index is 0.152. The van der Waals surface area contributed by atoms with Crippen molar-refractivity contribution in [3.63, 3.8) is 0 Å². The lowest BCUT2D eigenvalue weighted by Crippen LogP contribution is -1.99. The first-order valence-corrected chi connectivity index (χ1v) is 7.49. The molecule has 0 radical (unpaired) electrons. The third-order valence-electron chi connectivity index (χ3n) is 3.37. The van der Waals surface area contributed by atoms with Crippen molar-refractivity contribution in [1.82, 2.24) is 0 Å². The van der Waals surface area contributed by atoms with Gasteiger partial charge < -0.3 is 14.6 Å². The molecule has 0 spiro atoms. The number of carbonyl (C=O) groups is 1. The maximum Gasteiger partial charge on any atom is 0.346 e. The lowest BCUT2D eigenvalue weighted by atomic mass is 9.99. The second kappa shape index (κ2) is 4.98. The molecule has 3 rings (SSSR count). The Morgan fingerprint density at radius 3 is 2.50 bits per heavy atom. The zero-order chi connectivity index (χ0) is 14.3. The van der Waals surface area contributed by atoms with Crippen molar-refractivity contribution in [3.8, 4) is 11.5 Å². The van der Waals surface area contributed by atoms with E-state index < -0.39 is 5.97 Å². The van der Waals surface area contributed by atoms with Crippen molar-refractivity contribution < 1.29 is 19.4 Å². The van der Waals surface area contributed by atoms with E-state index in [1.165, 1.54) is 11.3 Å². The highest BCUT2D eigenvalue weighted by Crippen LogP contribution is 2.42. The standard InChI is InChI=1S/C15H16O4S/c1-8(2)13-9-6-10-11(19-5-3-4-18-10)7-12(9)20-14(13)15(16)17/h6-8H,3-5H2,1-2H3,(H,16,17). The zero-order valence-electron chi connectivity index (χ0n) is 11.4. The molecule has 1 aliphatic rings. The molecule has 106 valence electrons. The van der Waals surface area contributed by atoms with Gasteiger partial charge in [0, 0.05) is 22.6 Å². The van der Waals surface area contributed by atoms with Crippen LogP contribution in [0, 0.1) is 0 Å². The molecule has 0 bridgehead atoms. The largest absolute Gasteiger partial charge is 0.490 e. The van der Waals surface area contributed by atoms with E-state index in [9.17, 15) is 9.90 Å². The van der Waals surface area contributed by atoms with Gasteiger partial charge in [0.15, 0.2) is 11.5 Å². The molecule has 0 atom stereocenters. The average molecular weight is 292 g/mol. The molecule has 0 saturated carbocycles. The molecule has 0 saturated heterocycles. The van der Waals surface area contributed by atoms with E-state index in [1.54, 1.807) is 0 Å². The molecule has 2 heterocycles. The van der Waals surface area contributed by atoms with E-state index in [2.05, 4.69) is 0 Å². The number of carboxylic acid groups (broad SMARTS) is 1. The summed E-state index contributed by atoms with van der Waals surface area (Å²) >= 11 is 1.30. The SMILES string of the molecule is CC(C)c1c(C(=O)O)sc2cc3c(cc12)OCCCO3. The number of rotatable bonds is 2. The van der Waals surface area contributed by atoms with Crippen molar-refractivity contribution in [2.24, 2.45) is 0 Å². The number of ether oxygens (including phenoxy) is 2. The van der Waals surface area contributed by atoms with E-state index in [-0.39, 0.29) is 5.92 Å².